The maximum absolute atomic E-state index is 13.6. The van der Waals surface area contributed by atoms with Gasteiger partial charge in [-0.2, -0.15) is 0 Å². The molecule has 4 aromatic rings. The van der Waals surface area contributed by atoms with Crippen LogP contribution in [0.4, 0.5) is 10.1 Å². The second kappa shape index (κ2) is 6.57. The fraction of sp³-hybridized carbons (Fsp3) is 0. The minimum Gasteiger partial charge on any atom is -0.443 e. The lowest BCUT2D eigenvalue weighted by Gasteiger charge is -2.08. The zero-order chi connectivity index (χ0) is 18.1. The van der Waals surface area contributed by atoms with Crippen LogP contribution in [-0.2, 0) is 0 Å². The molecule has 4 rings (SSSR count). The summed E-state index contributed by atoms with van der Waals surface area (Å²) < 4.78 is 18.8. The zero-order valence-corrected chi connectivity index (χ0v) is 14.0. The summed E-state index contributed by atoms with van der Waals surface area (Å²) in [5.74, 6) is -1.21. The molecule has 1 amide bonds. The number of nitrogens with one attached hydrogen (secondary N) is 1. The Morgan fingerprint density at radius 3 is 2.73 bits per heavy atom. The number of carbonyl (C=O) groups excluding carboxylic acids is 1. The van der Waals surface area contributed by atoms with E-state index in [1.165, 1.54) is 18.7 Å². The molecule has 0 unspecified atom stereocenters. The quantitative estimate of drug-likeness (QED) is 0.557. The van der Waals surface area contributed by atoms with Crippen LogP contribution in [0.15, 0.2) is 65.7 Å². The molecule has 1 N–H and O–H groups in total. The van der Waals surface area contributed by atoms with E-state index in [0.29, 0.717) is 21.8 Å². The number of fused-ring (bicyclic) bond motifs is 1. The van der Waals surface area contributed by atoms with Crippen molar-refractivity contribution < 1.29 is 13.6 Å². The van der Waals surface area contributed by atoms with Crippen molar-refractivity contribution in [2.24, 2.45) is 0 Å². The molecule has 0 radical (unpaired) electrons. The lowest BCUT2D eigenvalue weighted by Crippen LogP contribution is -2.13. The molecule has 0 fully saturated rings. The van der Waals surface area contributed by atoms with Crippen LogP contribution >= 0.6 is 11.6 Å². The van der Waals surface area contributed by atoms with E-state index in [1.54, 1.807) is 18.2 Å². The minimum absolute atomic E-state index is 0.0661. The largest absolute Gasteiger partial charge is 0.443 e. The first-order chi connectivity index (χ1) is 12.6. The number of carbonyl (C=O) groups is 1. The SMILES string of the molecule is O=C(Nc1ccc(-c2cc3ncoc3cc2Cl)cc1)c1ccncc1F. The number of aromatic nitrogens is 2. The third-order valence-electron chi connectivity index (χ3n) is 3.89. The van der Waals surface area contributed by atoms with E-state index in [2.05, 4.69) is 15.3 Å². The van der Waals surface area contributed by atoms with Gasteiger partial charge in [-0.3, -0.25) is 9.78 Å². The molecule has 7 heteroatoms. The predicted molar refractivity (Wildman–Crippen MR) is 96.6 cm³/mol. The van der Waals surface area contributed by atoms with Crippen molar-refractivity contribution in [3.63, 3.8) is 0 Å². The summed E-state index contributed by atoms with van der Waals surface area (Å²) in [5.41, 5.74) is 3.44. The number of pyridine rings is 1. The molecule has 5 nitrogen and oxygen atoms in total. The van der Waals surface area contributed by atoms with Gasteiger partial charge in [-0.15, -0.1) is 0 Å². The van der Waals surface area contributed by atoms with E-state index in [1.807, 2.05) is 18.2 Å². The Bertz CT molecular complexity index is 1110. The number of nitrogens with zero attached hydrogens (tertiary/aromatic N) is 2. The van der Waals surface area contributed by atoms with Crippen LogP contribution in [-0.4, -0.2) is 15.9 Å². The molecular weight excluding hydrogens is 357 g/mol. The number of hydrogen-bond donors (Lipinski definition) is 1. The van der Waals surface area contributed by atoms with Gasteiger partial charge in [0.1, 0.15) is 5.52 Å². The minimum atomic E-state index is -0.672. The number of oxazole rings is 1. The van der Waals surface area contributed by atoms with Crippen LogP contribution in [0.3, 0.4) is 0 Å². The summed E-state index contributed by atoms with van der Waals surface area (Å²) in [6.07, 6.45) is 3.73. The molecule has 2 aromatic carbocycles. The van der Waals surface area contributed by atoms with Gasteiger partial charge in [0.2, 0.25) is 0 Å². The average Bonchev–Trinajstić information content (AvgIpc) is 3.09. The smallest absolute Gasteiger partial charge is 0.258 e. The monoisotopic (exact) mass is 367 g/mol. The molecule has 26 heavy (non-hydrogen) atoms. The summed E-state index contributed by atoms with van der Waals surface area (Å²) in [6, 6.07) is 11.9. The summed E-state index contributed by atoms with van der Waals surface area (Å²) in [5, 5.41) is 3.18. The van der Waals surface area contributed by atoms with Crippen molar-refractivity contribution in [1.29, 1.82) is 0 Å². The van der Waals surface area contributed by atoms with Crippen molar-refractivity contribution in [2.75, 3.05) is 5.32 Å². The molecule has 0 aliphatic heterocycles. The van der Waals surface area contributed by atoms with Crippen molar-refractivity contribution in [3.05, 3.63) is 77.7 Å². The van der Waals surface area contributed by atoms with Gasteiger partial charge in [-0.05, 0) is 29.8 Å². The van der Waals surface area contributed by atoms with Gasteiger partial charge >= 0.3 is 0 Å². The van der Waals surface area contributed by atoms with Gasteiger partial charge in [-0.25, -0.2) is 9.37 Å². The first kappa shape index (κ1) is 16.2. The highest BCUT2D eigenvalue weighted by molar-refractivity contribution is 6.34. The molecule has 0 saturated heterocycles. The number of hydrogen-bond acceptors (Lipinski definition) is 4. The zero-order valence-electron chi connectivity index (χ0n) is 13.2. The molecule has 0 aliphatic rings. The van der Waals surface area contributed by atoms with Gasteiger partial charge in [0.05, 0.1) is 16.8 Å². The average molecular weight is 368 g/mol. The Hall–Kier alpha value is -3.25. The van der Waals surface area contributed by atoms with E-state index in [0.717, 1.165) is 17.3 Å². The first-order valence-corrected chi connectivity index (χ1v) is 8.03. The van der Waals surface area contributed by atoms with Crippen molar-refractivity contribution in [2.45, 2.75) is 0 Å². The van der Waals surface area contributed by atoms with Crippen molar-refractivity contribution in [1.82, 2.24) is 9.97 Å². The first-order valence-electron chi connectivity index (χ1n) is 7.66. The van der Waals surface area contributed by atoms with E-state index >= 15 is 0 Å². The topological polar surface area (TPSA) is 68.0 Å². The highest BCUT2D eigenvalue weighted by atomic mass is 35.5. The maximum Gasteiger partial charge on any atom is 0.258 e. The fourth-order valence-electron chi connectivity index (χ4n) is 2.59. The Morgan fingerprint density at radius 2 is 1.96 bits per heavy atom. The molecule has 128 valence electrons. The summed E-state index contributed by atoms with van der Waals surface area (Å²) >= 11 is 6.31. The molecule has 2 heterocycles. The van der Waals surface area contributed by atoms with E-state index in [4.69, 9.17) is 16.0 Å². The second-order valence-corrected chi connectivity index (χ2v) is 5.95. The number of benzene rings is 2. The summed E-state index contributed by atoms with van der Waals surface area (Å²) in [4.78, 5) is 19.9. The van der Waals surface area contributed by atoms with Crippen LogP contribution < -0.4 is 5.32 Å². The number of halogens is 2. The lowest BCUT2D eigenvalue weighted by atomic mass is 10.0. The van der Waals surface area contributed by atoms with Gasteiger partial charge in [0, 0.05) is 23.5 Å². The Labute approximate surface area is 152 Å². The van der Waals surface area contributed by atoms with Gasteiger partial charge < -0.3 is 9.73 Å². The third kappa shape index (κ3) is 3.02. The van der Waals surface area contributed by atoms with Crippen molar-refractivity contribution >= 4 is 34.3 Å². The summed E-state index contributed by atoms with van der Waals surface area (Å²) in [7, 11) is 0. The standard InChI is InChI=1S/C19H11ClFN3O2/c20-15-8-18-17(23-10-26-18)7-14(15)11-1-3-12(4-2-11)24-19(25)13-5-6-22-9-16(13)21/h1-10H,(H,24,25). The predicted octanol–water partition coefficient (Wildman–Crippen LogP) is 4.93. The summed E-state index contributed by atoms with van der Waals surface area (Å²) in [6.45, 7) is 0. The third-order valence-corrected chi connectivity index (χ3v) is 4.20. The number of anilines is 1. The fourth-order valence-corrected chi connectivity index (χ4v) is 2.85. The van der Waals surface area contributed by atoms with Gasteiger partial charge in [0.15, 0.2) is 17.8 Å². The molecule has 0 spiro atoms. The molecule has 0 bridgehead atoms. The Morgan fingerprint density at radius 1 is 1.15 bits per heavy atom. The molecule has 0 saturated carbocycles. The van der Waals surface area contributed by atoms with Gasteiger partial charge in [0.25, 0.3) is 5.91 Å². The Balaban J connectivity index is 1.59. The molecule has 2 aromatic heterocycles. The van der Waals surface area contributed by atoms with Crippen LogP contribution in [0, 0.1) is 5.82 Å². The normalized spacial score (nSPS) is 10.8. The van der Waals surface area contributed by atoms with Crippen LogP contribution in [0.1, 0.15) is 10.4 Å². The van der Waals surface area contributed by atoms with Gasteiger partial charge in [-0.1, -0.05) is 23.7 Å². The lowest BCUT2D eigenvalue weighted by molar-refractivity contribution is 0.102. The van der Waals surface area contributed by atoms with E-state index < -0.39 is 11.7 Å². The van der Waals surface area contributed by atoms with Crippen LogP contribution in [0.25, 0.3) is 22.2 Å². The molecule has 0 atom stereocenters. The number of amides is 1. The molecular formula is C19H11ClFN3O2. The van der Waals surface area contributed by atoms with Crippen LogP contribution in [0.2, 0.25) is 5.02 Å². The second-order valence-electron chi connectivity index (χ2n) is 5.54. The Kier molecular flexibility index (Phi) is 4.10. The van der Waals surface area contributed by atoms with E-state index in [-0.39, 0.29) is 5.56 Å². The van der Waals surface area contributed by atoms with Crippen molar-refractivity contribution in [3.8, 4) is 11.1 Å². The highest BCUT2D eigenvalue weighted by Crippen LogP contribution is 2.32. The molecule has 0 aliphatic carbocycles. The highest BCUT2D eigenvalue weighted by Gasteiger charge is 2.12. The number of rotatable bonds is 3. The maximum atomic E-state index is 13.6. The van der Waals surface area contributed by atoms with Crippen LogP contribution in [0.5, 0.6) is 0 Å². The van der Waals surface area contributed by atoms with E-state index in [9.17, 15) is 9.18 Å².